The van der Waals surface area contributed by atoms with Crippen LogP contribution in [0.25, 0.3) is 22.2 Å². The smallest absolute Gasteiger partial charge is 0.220 e. The summed E-state index contributed by atoms with van der Waals surface area (Å²) in [7, 11) is 0. The van der Waals surface area contributed by atoms with E-state index in [1.807, 2.05) is 18.3 Å². The number of hydrogen-bond acceptors (Lipinski definition) is 5. The summed E-state index contributed by atoms with van der Waals surface area (Å²) < 4.78 is 0. The number of amides is 1. The van der Waals surface area contributed by atoms with E-state index in [0.29, 0.717) is 18.3 Å². The van der Waals surface area contributed by atoms with Gasteiger partial charge >= 0.3 is 0 Å². The van der Waals surface area contributed by atoms with Gasteiger partial charge in [0.1, 0.15) is 0 Å². The Bertz CT molecular complexity index is 1020. The van der Waals surface area contributed by atoms with E-state index in [-0.39, 0.29) is 5.91 Å². The molecule has 2 saturated heterocycles. The van der Waals surface area contributed by atoms with Crippen LogP contribution in [0.2, 0.25) is 0 Å². The van der Waals surface area contributed by atoms with Crippen molar-refractivity contribution in [2.24, 2.45) is 5.92 Å². The fraction of sp³-hybridized carbons (Fsp3) is 0.417. The number of piperidine rings is 2. The van der Waals surface area contributed by atoms with Crippen LogP contribution < -0.4 is 5.32 Å². The normalized spacial score (nSPS) is 20.9. The van der Waals surface area contributed by atoms with Crippen molar-refractivity contribution in [3.05, 3.63) is 54.6 Å². The van der Waals surface area contributed by atoms with E-state index in [2.05, 4.69) is 38.4 Å². The van der Waals surface area contributed by atoms with Gasteiger partial charge in [0.15, 0.2) is 5.65 Å². The zero-order valence-corrected chi connectivity index (χ0v) is 17.1. The molecular formula is C24H27N5O. The Labute approximate surface area is 176 Å². The number of nitrogens with one attached hydrogen (secondary N) is 1. The minimum Gasteiger partial charge on any atom is -0.356 e. The molecule has 0 aromatic carbocycles. The van der Waals surface area contributed by atoms with Gasteiger partial charge in [0.2, 0.25) is 5.91 Å². The lowest BCUT2D eigenvalue weighted by Gasteiger charge is -2.35. The molecule has 5 rings (SSSR count). The molecule has 5 heterocycles. The molecule has 2 aliphatic heterocycles. The van der Waals surface area contributed by atoms with Crippen LogP contribution in [0.15, 0.2) is 48.9 Å². The van der Waals surface area contributed by atoms with Crippen molar-refractivity contribution in [3.63, 3.8) is 0 Å². The number of nitrogens with zero attached hydrogens (tertiary/aromatic N) is 4. The largest absolute Gasteiger partial charge is 0.356 e. The van der Waals surface area contributed by atoms with Crippen LogP contribution in [0.3, 0.4) is 0 Å². The van der Waals surface area contributed by atoms with Crippen LogP contribution in [0.5, 0.6) is 0 Å². The third-order valence-corrected chi connectivity index (χ3v) is 6.47. The fourth-order valence-corrected chi connectivity index (χ4v) is 4.67. The van der Waals surface area contributed by atoms with Crippen molar-refractivity contribution in [2.75, 3.05) is 26.2 Å². The summed E-state index contributed by atoms with van der Waals surface area (Å²) in [5.74, 6) is 1.30. The third kappa shape index (κ3) is 4.19. The molecule has 30 heavy (non-hydrogen) atoms. The highest BCUT2D eigenvalue weighted by atomic mass is 16.1. The second-order valence-electron chi connectivity index (χ2n) is 8.53. The van der Waals surface area contributed by atoms with Crippen LogP contribution in [0.1, 0.15) is 37.3 Å². The molecule has 6 heteroatoms. The van der Waals surface area contributed by atoms with Gasteiger partial charge < -0.3 is 10.2 Å². The van der Waals surface area contributed by atoms with Gasteiger partial charge in [0, 0.05) is 60.7 Å². The lowest BCUT2D eigenvalue weighted by Crippen LogP contribution is -2.43. The maximum atomic E-state index is 11.3. The van der Waals surface area contributed by atoms with Crippen LogP contribution in [0, 0.1) is 5.92 Å². The topological polar surface area (TPSA) is 71.0 Å². The van der Waals surface area contributed by atoms with Crippen molar-refractivity contribution >= 4 is 16.9 Å². The predicted molar refractivity (Wildman–Crippen MR) is 117 cm³/mol. The molecule has 2 fully saturated rings. The van der Waals surface area contributed by atoms with E-state index in [1.165, 1.54) is 0 Å². The van der Waals surface area contributed by atoms with E-state index in [4.69, 9.17) is 4.98 Å². The first-order valence-corrected chi connectivity index (χ1v) is 10.9. The molecule has 2 aliphatic rings. The molecule has 0 spiro atoms. The Hall–Kier alpha value is -2.86. The lowest BCUT2D eigenvalue weighted by molar-refractivity contribution is -0.123. The van der Waals surface area contributed by atoms with E-state index >= 15 is 0 Å². The van der Waals surface area contributed by atoms with Gasteiger partial charge in [0.05, 0.1) is 0 Å². The first-order valence-electron chi connectivity index (χ1n) is 10.9. The molecule has 0 radical (unpaired) electrons. The average Bonchev–Trinajstić information content (AvgIpc) is 2.81. The maximum absolute atomic E-state index is 11.3. The van der Waals surface area contributed by atoms with Gasteiger partial charge in [-0.2, -0.15) is 0 Å². The van der Waals surface area contributed by atoms with E-state index in [9.17, 15) is 4.79 Å². The number of hydrogen-bond donors (Lipinski definition) is 1. The van der Waals surface area contributed by atoms with Crippen LogP contribution in [-0.4, -0.2) is 51.9 Å². The highest BCUT2D eigenvalue weighted by Crippen LogP contribution is 2.29. The summed E-state index contributed by atoms with van der Waals surface area (Å²) in [5, 5.41) is 4.08. The average molecular weight is 402 g/mol. The molecule has 1 amide bonds. The van der Waals surface area contributed by atoms with E-state index < -0.39 is 0 Å². The number of carbonyl (C=O) groups excluding carboxylic acids is 1. The van der Waals surface area contributed by atoms with Gasteiger partial charge in [-0.25, -0.2) is 9.97 Å². The lowest BCUT2D eigenvalue weighted by atomic mass is 9.91. The first kappa shape index (κ1) is 19.1. The van der Waals surface area contributed by atoms with Gasteiger partial charge in [-0.3, -0.25) is 9.78 Å². The summed E-state index contributed by atoms with van der Waals surface area (Å²) in [6.07, 6.45) is 9.47. The van der Waals surface area contributed by atoms with Gasteiger partial charge in [-0.15, -0.1) is 0 Å². The number of rotatable bonds is 4. The number of likely N-dealkylation sites (tertiary alicyclic amines) is 1. The second kappa shape index (κ2) is 8.48. The van der Waals surface area contributed by atoms with Crippen molar-refractivity contribution in [3.8, 4) is 11.1 Å². The fourth-order valence-electron chi connectivity index (χ4n) is 4.67. The molecule has 0 aliphatic carbocycles. The molecule has 3 aromatic heterocycles. The second-order valence-corrected chi connectivity index (χ2v) is 8.53. The van der Waals surface area contributed by atoms with Gasteiger partial charge in [-0.05, 0) is 74.2 Å². The first-order chi connectivity index (χ1) is 14.7. The predicted octanol–water partition coefficient (Wildman–Crippen LogP) is 3.40. The molecular weight excluding hydrogens is 374 g/mol. The minimum atomic E-state index is 0.203. The summed E-state index contributed by atoms with van der Waals surface area (Å²) >= 11 is 0. The number of fused-ring (bicyclic) bond motifs is 1. The number of carbonyl (C=O) groups is 1. The summed E-state index contributed by atoms with van der Waals surface area (Å²) in [6, 6.07) is 10.5. The van der Waals surface area contributed by atoms with Crippen LogP contribution in [0.4, 0.5) is 0 Å². The molecule has 1 atom stereocenters. The quantitative estimate of drug-likeness (QED) is 0.726. The van der Waals surface area contributed by atoms with E-state index in [0.717, 1.165) is 73.3 Å². The van der Waals surface area contributed by atoms with Gasteiger partial charge in [-0.1, -0.05) is 0 Å². The summed E-state index contributed by atoms with van der Waals surface area (Å²) in [6.45, 7) is 4.13. The number of aromatic nitrogens is 3. The highest BCUT2D eigenvalue weighted by molar-refractivity contribution is 5.80. The number of pyridine rings is 3. The Morgan fingerprint density at radius 1 is 1.03 bits per heavy atom. The third-order valence-electron chi connectivity index (χ3n) is 6.47. The van der Waals surface area contributed by atoms with Gasteiger partial charge in [0.25, 0.3) is 0 Å². The molecule has 1 N–H and O–H groups in total. The molecule has 154 valence electrons. The van der Waals surface area contributed by atoms with Crippen LogP contribution in [-0.2, 0) is 4.79 Å². The molecule has 3 aromatic rings. The summed E-state index contributed by atoms with van der Waals surface area (Å²) in [4.78, 5) is 27.5. The monoisotopic (exact) mass is 401 g/mol. The minimum absolute atomic E-state index is 0.203. The summed E-state index contributed by atoms with van der Waals surface area (Å²) in [5.41, 5.74) is 4.20. The SMILES string of the molecule is O=C1CCC(CN2CCC(c3ccc4cc(-c5ccncc5)cnc4n3)CC2)CN1. The standard InChI is InChI=1S/C24H27N5O/c30-23-4-1-17(14-26-23)16-29-11-7-19(8-12-29)22-3-2-20-13-21(15-27-24(20)28-22)18-5-9-25-10-6-18/h2-3,5-6,9-10,13,15,17,19H,1,4,7-8,11-12,14,16H2,(H,26,30). The molecule has 1 unspecified atom stereocenters. The Morgan fingerprint density at radius 3 is 2.63 bits per heavy atom. The Kier molecular flexibility index (Phi) is 5.41. The molecule has 6 nitrogen and oxygen atoms in total. The highest BCUT2D eigenvalue weighted by Gasteiger charge is 2.25. The molecule has 0 saturated carbocycles. The maximum Gasteiger partial charge on any atom is 0.220 e. The van der Waals surface area contributed by atoms with E-state index in [1.54, 1.807) is 12.4 Å². The van der Waals surface area contributed by atoms with Crippen LogP contribution >= 0.6 is 0 Å². The zero-order chi connectivity index (χ0) is 20.3. The Balaban J connectivity index is 1.23. The zero-order valence-electron chi connectivity index (χ0n) is 17.1. The Morgan fingerprint density at radius 2 is 1.87 bits per heavy atom. The van der Waals surface area contributed by atoms with Crippen molar-refractivity contribution < 1.29 is 4.79 Å². The van der Waals surface area contributed by atoms with Crippen molar-refractivity contribution in [1.82, 2.24) is 25.2 Å². The molecule has 0 bridgehead atoms. The van der Waals surface area contributed by atoms with Crippen molar-refractivity contribution in [2.45, 2.75) is 31.6 Å². The van der Waals surface area contributed by atoms with Crippen molar-refractivity contribution in [1.29, 1.82) is 0 Å².